The quantitative estimate of drug-likeness (QED) is 0.504. The van der Waals surface area contributed by atoms with E-state index >= 15 is 0 Å². The highest BCUT2D eigenvalue weighted by atomic mass is 19.1. The number of quaternary nitrogens is 1. The normalized spacial score (nSPS) is 18.6. The third kappa shape index (κ3) is 4.16. The van der Waals surface area contributed by atoms with Crippen LogP contribution in [0.2, 0.25) is 0 Å². The van der Waals surface area contributed by atoms with Gasteiger partial charge in [-0.3, -0.25) is 4.79 Å². The van der Waals surface area contributed by atoms with Crippen molar-refractivity contribution in [2.75, 3.05) is 25.0 Å². The van der Waals surface area contributed by atoms with Crippen molar-refractivity contribution in [2.45, 2.75) is 58.1 Å². The second-order valence-corrected chi connectivity index (χ2v) is 9.36. The number of benzene rings is 2. The first-order valence-corrected chi connectivity index (χ1v) is 11.5. The lowest BCUT2D eigenvalue weighted by Crippen LogP contribution is -2.72. The van der Waals surface area contributed by atoms with Gasteiger partial charge in [0.15, 0.2) is 12.1 Å². The lowest BCUT2D eigenvalue weighted by atomic mass is 9.72. The maximum absolute atomic E-state index is 13.7. The summed E-state index contributed by atoms with van der Waals surface area (Å²) in [6.07, 6.45) is 4.47. The predicted octanol–water partition coefficient (Wildman–Crippen LogP) is 4.66. The largest absolute Gasteiger partial charge is 0.457 e. The second-order valence-electron chi connectivity index (χ2n) is 9.36. The van der Waals surface area contributed by atoms with Crippen molar-refractivity contribution < 1.29 is 23.2 Å². The third-order valence-electron chi connectivity index (χ3n) is 7.34. The Balaban J connectivity index is 1.53. The number of hydrogen-bond acceptors (Lipinski definition) is 3. The number of likely N-dealkylation sites (tertiary alicyclic amines) is 1. The standard InChI is InChI=1S/C26H31FN2O3/c1-19-15-22(27)16-20(2)24(19)28-25(31)26(11-8-12-26)29(13-6-7-14-29)17-23(30)32-18-21-9-4-3-5-10-21/h3-5,9-10,15-16H,6-8,11-14,17-18H2,1-2H3/p+1. The Morgan fingerprint density at radius 2 is 1.66 bits per heavy atom. The summed E-state index contributed by atoms with van der Waals surface area (Å²) in [6.45, 7) is 5.67. The first kappa shape index (κ1) is 22.5. The van der Waals surface area contributed by atoms with Gasteiger partial charge in [-0.1, -0.05) is 30.3 Å². The van der Waals surface area contributed by atoms with Crippen LogP contribution in [0.1, 0.15) is 48.8 Å². The maximum Gasteiger partial charge on any atom is 0.362 e. The number of carbonyl (C=O) groups excluding carboxylic acids is 2. The lowest BCUT2D eigenvalue weighted by molar-refractivity contribution is -0.955. The SMILES string of the molecule is Cc1cc(F)cc(C)c1NC(=O)C1([N+]2(CC(=O)OCc3ccccc3)CCCC2)CCC1. The highest BCUT2D eigenvalue weighted by Crippen LogP contribution is 2.46. The molecule has 32 heavy (non-hydrogen) atoms. The summed E-state index contributed by atoms with van der Waals surface area (Å²) in [4.78, 5) is 26.6. The van der Waals surface area contributed by atoms with Crippen LogP contribution in [0.15, 0.2) is 42.5 Å². The van der Waals surface area contributed by atoms with Crippen molar-refractivity contribution in [1.82, 2.24) is 0 Å². The molecule has 0 unspecified atom stereocenters. The Morgan fingerprint density at radius 3 is 2.22 bits per heavy atom. The van der Waals surface area contributed by atoms with Crippen molar-refractivity contribution in [3.63, 3.8) is 0 Å². The molecule has 1 saturated heterocycles. The van der Waals surface area contributed by atoms with Gasteiger partial charge in [0.05, 0.1) is 13.1 Å². The van der Waals surface area contributed by atoms with Gasteiger partial charge in [-0.25, -0.2) is 9.18 Å². The van der Waals surface area contributed by atoms with Crippen LogP contribution in [0, 0.1) is 19.7 Å². The monoisotopic (exact) mass is 439 g/mol. The first-order valence-electron chi connectivity index (χ1n) is 11.5. The molecule has 0 radical (unpaired) electrons. The Bertz CT molecular complexity index is 972. The molecule has 0 atom stereocenters. The van der Waals surface area contributed by atoms with Crippen LogP contribution in [-0.4, -0.2) is 41.5 Å². The van der Waals surface area contributed by atoms with Crippen LogP contribution < -0.4 is 5.32 Å². The molecule has 2 aromatic rings. The van der Waals surface area contributed by atoms with Gasteiger partial charge in [-0.15, -0.1) is 0 Å². The van der Waals surface area contributed by atoms with E-state index in [1.807, 2.05) is 30.3 Å². The highest BCUT2D eigenvalue weighted by molar-refractivity contribution is 5.99. The van der Waals surface area contributed by atoms with Crippen molar-refractivity contribution in [1.29, 1.82) is 0 Å². The number of hydrogen-bond donors (Lipinski definition) is 1. The van der Waals surface area contributed by atoms with Crippen LogP contribution in [-0.2, 0) is 20.9 Å². The molecule has 1 saturated carbocycles. The Labute approximate surface area is 189 Å². The maximum atomic E-state index is 13.7. The van der Waals surface area contributed by atoms with Gasteiger partial charge in [0.1, 0.15) is 12.4 Å². The number of halogens is 1. The van der Waals surface area contributed by atoms with E-state index in [-0.39, 0.29) is 30.8 Å². The second kappa shape index (κ2) is 9.02. The molecule has 4 rings (SSSR count). The molecule has 0 spiro atoms. The van der Waals surface area contributed by atoms with E-state index < -0.39 is 5.54 Å². The molecule has 2 fully saturated rings. The van der Waals surface area contributed by atoms with Crippen molar-refractivity contribution in [3.05, 3.63) is 65.0 Å². The van der Waals surface area contributed by atoms with E-state index in [9.17, 15) is 14.0 Å². The number of ether oxygens (including phenoxy) is 1. The molecule has 2 aliphatic rings. The number of nitrogens with zero attached hydrogens (tertiary/aromatic N) is 1. The summed E-state index contributed by atoms with van der Waals surface area (Å²) in [5, 5.41) is 3.11. The summed E-state index contributed by atoms with van der Waals surface area (Å²) in [6, 6.07) is 12.5. The van der Waals surface area contributed by atoms with E-state index in [1.165, 1.54) is 12.1 Å². The number of rotatable bonds is 7. The number of amides is 1. The fraction of sp³-hybridized carbons (Fsp3) is 0.462. The van der Waals surface area contributed by atoms with Gasteiger partial charge in [-0.05, 0) is 49.1 Å². The van der Waals surface area contributed by atoms with Gasteiger partial charge in [0.25, 0.3) is 5.91 Å². The van der Waals surface area contributed by atoms with Gasteiger partial charge >= 0.3 is 5.97 Å². The minimum atomic E-state index is -0.629. The zero-order valence-electron chi connectivity index (χ0n) is 19.0. The summed E-state index contributed by atoms with van der Waals surface area (Å²) in [5.74, 6) is -0.621. The number of carbonyl (C=O) groups is 2. The van der Waals surface area contributed by atoms with E-state index in [0.717, 1.165) is 50.8 Å². The number of nitrogens with one attached hydrogen (secondary N) is 1. The predicted molar refractivity (Wildman–Crippen MR) is 121 cm³/mol. The zero-order chi connectivity index (χ0) is 22.8. The van der Waals surface area contributed by atoms with Gasteiger partial charge in [-0.2, -0.15) is 0 Å². The molecule has 1 aliphatic heterocycles. The number of anilines is 1. The summed E-state index contributed by atoms with van der Waals surface area (Å²) >= 11 is 0. The minimum absolute atomic E-state index is 0.0562. The fourth-order valence-corrected chi connectivity index (χ4v) is 5.48. The molecule has 6 heteroatoms. The van der Waals surface area contributed by atoms with Gasteiger partial charge < -0.3 is 14.5 Å². The third-order valence-corrected chi connectivity index (χ3v) is 7.34. The van der Waals surface area contributed by atoms with Crippen LogP contribution >= 0.6 is 0 Å². The average molecular weight is 440 g/mol. The molecule has 1 amide bonds. The van der Waals surface area contributed by atoms with Crippen molar-refractivity contribution in [2.24, 2.45) is 0 Å². The molecule has 1 aliphatic carbocycles. The molecule has 2 aromatic carbocycles. The van der Waals surface area contributed by atoms with Crippen LogP contribution in [0.3, 0.4) is 0 Å². The first-order chi connectivity index (χ1) is 15.4. The summed E-state index contributed by atoms with van der Waals surface area (Å²) < 4.78 is 19.8. The van der Waals surface area contributed by atoms with Crippen LogP contribution in [0.4, 0.5) is 10.1 Å². The minimum Gasteiger partial charge on any atom is -0.457 e. The zero-order valence-corrected chi connectivity index (χ0v) is 19.0. The molecular formula is C26H32FN2O3+. The lowest BCUT2D eigenvalue weighted by Gasteiger charge is -2.54. The van der Waals surface area contributed by atoms with E-state index in [1.54, 1.807) is 13.8 Å². The average Bonchev–Trinajstić information content (AvgIpc) is 3.18. The summed E-state index contributed by atoms with van der Waals surface area (Å²) in [5.41, 5.74) is 2.41. The van der Waals surface area contributed by atoms with Crippen molar-refractivity contribution >= 4 is 17.6 Å². The van der Waals surface area contributed by atoms with Gasteiger partial charge in [0.2, 0.25) is 0 Å². The molecule has 0 aromatic heterocycles. The van der Waals surface area contributed by atoms with E-state index in [4.69, 9.17) is 4.74 Å². The summed E-state index contributed by atoms with van der Waals surface area (Å²) in [7, 11) is 0. The number of esters is 1. The molecule has 1 heterocycles. The molecular weight excluding hydrogens is 407 g/mol. The van der Waals surface area contributed by atoms with Crippen LogP contribution in [0.5, 0.6) is 0 Å². The van der Waals surface area contributed by atoms with Gasteiger partial charge in [0, 0.05) is 31.4 Å². The van der Waals surface area contributed by atoms with Crippen LogP contribution in [0.25, 0.3) is 0 Å². The molecule has 1 N–H and O–H groups in total. The Hall–Kier alpha value is -2.73. The molecule has 170 valence electrons. The Morgan fingerprint density at radius 1 is 1.03 bits per heavy atom. The topological polar surface area (TPSA) is 55.4 Å². The highest BCUT2D eigenvalue weighted by Gasteiger charge is 2.62. The van der Waals surface area contributed by atoms with Crippen molar-refractivity contribution in [3.8, 4) is 0 Å². The molecule has 0 bridgehead atoms. The molecule has 5 nitrogen and oxygen atoms in total. The van der Waals surface area contributed by atoms with E-state index in [0.29, 0.717) is 21.3 Å². The number of aryl methyl sites for hydroxylation is 2. The van der Waals surface area contributed by atoms with E-state index in [2.05, 4.69) is 5.32 Å². The Kier molecular flexibility index (Phi) is 6.33. The fourth-order valence-electron chi connectivity index (χ4n) is 5.48. The smallest absolute Gasteiger partial charge is 0.362 e.